The fraction of sp³-hybridized carbons (Fsp3) is 0.350. The second-order valence-corrected chi connectivity index (χ2v) is 7.56. The molecule has 0 unspecified atom stereocenters. The molecule has 0 bridgehead atoms. The lowest BCUT2D eigenvalue weighted by Gasteiger charge is -2.28. The summed E-state index contributed by atoms with van der Waals surface area (Å²) in [6.45, 7) is 3.01. The quantitative estimate of drug-likeness (QED) is 0.618. The highest BCUT2D eigenvalue weighted by atomic mass is 19.4. The second-order valence-electron chi connectivity index (χ2n) is 7.56. The Balaban J connectivity index is 1.58. The Morgan fingerprint density at radius 1 is 1.16 bits per heavy atom. The van der Waals surface area contributed by atoms with Crippen LogP contribution < -0.4 is 5.56 Å². The van der Waals surface area contributed by atoms with E-state index in [1.165, 1.54) is 17.0 Å². The second kappa shape index (κ2) is 7.84. The summed E-state index contributed by atoms with van der Waals surface area (Å²) in [5.74, 6) is -2.54. The summed E-state index contributed by atoms with van der Waals surface area (Å²) >= 11 is 0. The van der Waals surface area contributed by atoms with Gasteiger partial charge in [-0.25, -0.2) is 9.49 Å². The summed E-state index contributed by atoms with van der Waals surface area (Å²) in [6.07, 6.45) is -4.39. The first-order chi connectivity index (χ1) is 15.1. The largest absolute Gasteiger partial charge is 0.451 e. The van der Waals surface area contributed by atoms with Crippen LogP contribution in [0.4, 0.5) is 17.6 Å². The van der Waals surface area contributed by atoms with Crippen molar-refractivity contribution in [3.63, 3.8) is 0 Å². The van der Waals surface area contributed by atoms with E-state index in [0.29, 0.717) is 22.4 Å². The van der Waals surface area contributed by atoms with Gasteiger partial charge in [0.15, 0.2) is 5.82 Å². The predicted octanol–water partition coefficient (Wildman–Crippen LogP) is 2.38. The summed E-state index contributed by atoms with van der Waals surface area (Å²) in [6, 6.07) is 4.06. The Labute approximate surface area is 178 Å². The summed E-state index contributed by atoms with van der Waals surface area (Å²) in [7, 11) is 0. The standard InChI is InChI=1S/C20H18F4N6O2/c1-10-11(2)17(31)27-25-15(10)8-12-3-4-14(21)13(7-12)18(32)29-5-6-30-16(9-29)26-28-19(30)20(22,23)24/h3-4,7H,5-6,8-9H2,1-2H3,(H,27,31). The van der Waals surface area contributed by atoms with Gasteiger partial charge in [-0.3, -0.25) is 9.59 Å². The van der Waals surface area contributed by atoms with Crippen LogP contribution >= 0.6 is 0 Å². The minimum absolute atomic E-state index is 0.0166. The van der Waals surface area contributed by atoms with Crippen LogP contribution in [0.5, 0.6) is 0 Å². The topological polar surface area (TPSA) is 96.8 Å². The highest BCUT2D eigenvalue weighted by molar-refractivity contribution is 5.94. The van der Waals surface area contributed by atoms with E-state index in [4.69, 9.17) is 0 Å². The molecule has 1 amide bonds. The van der Waals surface area contributed by atoms with E-state index in [1.807, 2.05) is 0 Å². The van der Waals surface area contributed by atoms with Gasteiger partial charge >= 0.3 is 6.18 Å². The van der Waals surface area contributed by atoms with Crippen molar-refractivity contribution < 1.29 is 22.4 Å². The van der Waals surface area contributed by atoms with Gasteiger partial charge in [-0.15, -0.1) is 10.2 Å². The van der Waals surface area contributed by atoms with Crippen molar-refractivity contribution >= 4 is 5.91 Å². The zero-order valence-corrected chi connectivity index (χ0v) is 17.1. The molecule has 3 aromatic rings. The van der Waals surface area contributed by atoms with E-state index < -0.39 is 23.7 Å². The number of fused-ring (bicyclic) bond motifs is 1. The number of H-pyrrole nitrogens is 1. The first kappa shape index (κ1) is 21.7. The molecule has 3 heterocycles. The van der Waals surface area contributed by atoms with E-state index in [-0.39, 0.29) is 43.0 Å². The van der Waals surface area contributed by atoms with Crippen molar-refractivity contribution in [3.8, 4) is 0 Å². The molecule has 4 rings (SSSR count). The molecule has 0 atom stereocenters. The average Bonchev–Trinajstić information content (AvgIpc) is 3.19. The molecule has 8 nitrogen and oxygen atoms in total. The van der Waals surface area contributed by atoms with Crippen molar-refractivity contribution in [2.24, 2.45) is 0 Å². The van der Waals surface area contributed by atoms with Crippen LogP contribution in [-0.2, 0) is 25.7 Å². The minimum Gasteiger partial charge on any atom is -0.329 e. The maximum absolute atomic E-state index is 14.5. The number of halogens is 4. The summed E-state index contributed by atoms with van der Waals surface area (Å²) in [5.41, 5.74) is 1.89. The van der Waals surface area contributed by atoms with Crippen LogP contribution in [0, 0.1) is 19.7 Å². The lowest BCUT2D eigenvalue weighted by Crippen LogP contribution is -2.39. The van der Waals surface area contributed by atoms with E-state index in [2.05, 4.69) is 20.4 Å². The Bertz CT molecular complexity index is 1260. The molecule has 0 saturated carbocycles. The molecule has 168 valence electrons. The Morgan fingerprint density at radius 3 is 2.62 bits per heavy atom. The number of amides is 1. The van der Waals surface area contributed by atoms with Crippen molar-refractivity contribution in [1.82, 2.24) is 29.9 Å². The third-order valence-corrected chi connectivity index (χ3v) is 5.56. The molecule has 0 radical (unpaired) electrons. The van der Waals surface area contributed by atoms with Gasteiger partial charge in [-0.2, -0.15) is 18.3 Å². The molecule has 32 heavy (non-hydrogen) atoms. The Kier molecular flexibility index (Phi) is 5.31. The van der Waals surface area contributed by atoms with Gasteiger partial charge in [0.2, 0.25) is 5.82 Å². The lowest BCUT2D eigenvalue weighted by atomic mass is 10.0. The summed E-state index contributed by atoms with van der Waals surface area (Å²) in [5, 5.41) is 13.2. The number of rotatable bonds is 3. The van der Waals surface area contributed by atoms with Crippen molar-refractivity contribution in [1.29, 1.82) is 0 Å². The smallest absolute Gasteiger partial charge is 0.329 e. The lowest BCUT2D eigenvalue weighted by molar-refractivity contribution is -0.147. The van der Waals surface area contributed by atoms with Crippen LogP contribution in [0.1, 0.15) is 44.4 Å². The van der Waals surface area contributed by atoms with E-state index in [0.717, 1.165) is 10.6 Å². The van der Waals surface area contributed by atoms with Gasteiger partial charge in [-0.1, -0.05) is 6.07 Å². The van der Waals surface area contributed by atoms with Crippen LogP contribution in [0.15, 0.2) is 23.0 Å². The average molecular weight is 450 g/mol. The summed E-state index contributed by atoms with van der Waals surface area (Å²) < 4.78 is 54.4. The molecule has 1 aliphatic rings. The van der Waals surface area contributed by atoms with Crippen molar-refractivity contribution in [2.45, 2.75) is 39.5 Å². The molecular weight excluding hydrogens is 432 g/mol. The number of aromatic amines is 1. The molecule has 12 heteroatoms. The van der Waals surface area contributed by atoms with E-state index in [1.54, 1.807) is 13.8 Å². The normalized spacial score (nSPS) is 13.9. The molecule has 2 aromatic heterocycles. The number of carbonyl (C=O) groups excluding carboxylic acids is 1. The van der Waals surface area contributed by atoms with Crippen LogP contribution in [0.25, 0.3) is 0 Å². The molecule has 0 fully saturated rings. The molecule has 1 aliphatic heterocycles. The van der Waals surface area contributed by atoms with Crippen LogP contribution in [0.2, 0.25) is 0 Å². The molecule has 1 aromatic carbocycles. The van der Waals surface area contributed by atoms with Gasteiger partial charge in [-0.05, 0) is 37.1 Å². The number of alkyl halides is 3. The maximum Gasteiger partial charge on any atom is 0.451 e. The number of hydrogen-bond donors (Lipinski definition) is 1. The monoisotopic (exact) mass is 450 g/mol. The molecule has 0 saturated heterocycles. The van der Waals surface area contributed by atoms with Crippen molar-refractivity contribution in [2.75, 3.05) is 6.54 Å². The van der Waals surface area contributed by atoms with E-state index in [9.17, 15) is 27.2 Å². The van der Waals surface area contributed by atoms with E-state index >= 15 is 0 Å². The number of carbonyl (C=O) groups is 1. The van der Waals surface area contributed by atoms with Gasteiger partial charge in [0.25, 0.3) is 11.5 Å². The number of hydrogen-bond acceptors (Lipinski definition) is 5. The Hall–Kier alpha value is -3.57. The van der Waals surface area contributed by atoms with Gasteiger partial charge in [0.1, 0.15) is 5.82 Å². The first-order valence-corrected chi connectivity index (χ1v) is 9.68. The number of nitrogens with one attached hydrogen (secondary N) is 1. The molecular formula is C20H18F4N6O2. The highest BCUT2D eigenvalue weighted by Gasteiger charge is 2.40. The van der Waals surface area contributed by atoms with Crippen LogP contribution in [0.3, 0.4) is 0 Å². The number of aromatic nitrogens is 5. The number of benzene rings is 1. The maximum atomic E-state index is 14.5. The fourth-order valence-electron chi connectivity index (χ4n) is 3.60. The first-order valence-electron chi connectivity index (χ1n) is 9.68. The molecule has 0 aliphatic carbocycles. The van der Waals surface area contributed by atoms with Gasteiger partial charge < -0.3 is 9.47 Å². The van der Waals surface area contributed by atoms with Gasteiger partial charge in [0, 0.05) is 25.1 Å². The Morgan fingerprint density at radius 2 is 1.91 bits per heavy atom. The number of nitrogens with zero attached hydrogens (tertiary/aromatic N) is 5. The predicted molar refractivity (Wildman–Crippen MR) is 103 cm³/mol. The SMILES string of the molecule is Cc1c(Cc2ccc(F)c(C(=O)N3CCn4c(nnc4C(F)(F)F)C3)c2)n[nH]c(=O)c1C. The summed E-state index contributed by atoms with van der Waals surface area (Å²) in [4.78, 5) is 25.8. The van der Waals surface area contributed by atoms with Gasteiger partial charge in [0.05, 0.1) is 17.8 Å². The zero-order valence-electron chi connectivity index (χ0n) is 17.1. The minimum atomic E-state index is -4.65. The molecule has 1 N–H and O–H groups in total. The molecule has 0 spiro atoms. The highest BCUT2D eigenvalue weighted by Crippen LogP contribution is 2.30. The van der Waals surface area contributed by atoms with Crippen LogP contribution in [-0.4, -0.2) is 42.3 Å². The third kappa shape index (κ3) is 3.87. The fourth-order valence-corrected chi connectivity index (χ4v) is 3.60. The van der Waals surface area contributed by atoms with Crippen molar-refractivity contribution in [3.05, 3.63) is 74.0 Å². The third-order valence-electron chi connectivity index (χ3n) is 5.56. The zero-order chi connectivity index (χ0) is 23.2.